The van der Waals surface area contributed by atoms with Crippen molar-refractivity contribution in [1.29, 1.82) is 0 Å². The van der Waals surface area contributed by atoms with E-state index in [1.165, 1.54) is 17.2 Å². The van der Waals surface area contributed by atoms with Crippen molar-refractivity contribution in [2.45, 2.75) is 19.8 Å². The summed E-state index contributed by atoms with van der Waals surface area (Å²) in [4.78, 5) is 0. The van der Waals surface area contributed by atoms with Gasteiger partial charge in [-0.15, -0.1) is 0 Å². The van der Waals surface area contributed by atoms with E-state index < -0.39 is 0 Å². The predicted molar refractivity (Wildman–Crippen MR) is 86.7 cm³/mol. The van der Waals surface area contributed by atoms with Crippen LogP contribution in [0.2, 0.25) is 0 Å². The first-order chi connectivity index (χ1) is 10.1. The van der Waals surface area contributed by atoms with Crippen LogP contribution in [0.1, 0.15) is 16.7 Å². The van der Waals surface area contributed by atoms with Crippen molar-refractivity contribution in [2.75, 3.05) is 18.5 Å². The molecule has 0 fully saturated rings. The van der Waals surface area contributed by atoms with Crippen LogP contribution >= 0.6 is 15.9 Å². The number of benzene rings is 2. The average Bonchev–Trinajstić information content (AvgIpc) is 2.92. The van der Waals surface area contributed by atoms with Gasteiger partial charge in [-0.25, -0.2) is 4.39 Å². The van der Waals surface area contributed by atoms with Crippen molar-refractivity contribution in [3.63, 3.8) is 0 Å². The van der Waals surface area contributed by atoms with Gasteiger partial charge in [0.25, 0.3) is 0 Å². The third-order valence-electron chi connectivity index (χ3n) is 3.75. The molecule has 0 aromatic heterocycles. The number of hydrogen-bond acceptors (Lipinski definition) is 2. The molecule has 0 saturated carbocycles. The molecular formula is C17H17BrFNO. The van der Waals surface area contributed by atoms with Gasteiger partial charge in [-0.1, -0.05) is 12.1 Å². The molecule has 2 aromatic rings. The van der Waals surface area contributed by atoms with Crippen molar-refractivity contribution < 1.29 is 9.13 Å². The Hall–Kier alpha value is -1.55. The molecule has 0 aliphatic carbocycles. The zero-order valence-electron chi connectivity index (χ0n) is 11.9. The van der Waals surface area contributed by atoms with E-state index in [4.69, 9.17) is 4.74 Å². The fourth-order valence-corrected chi connectivity index (χ4v) is 3.03. The average molecular weight is 350 g/mol. The monoisotopic (exact) mass is 349 g/mol. The fraction of sp³-hybridized carbons (Fsp3) is 0.294. The van der Waals surface area contributed by atoms with Gasteiger partial charge in [0.15, 0.2) is 0 Å². The van der Waals surface area contributed by atoms with Crippen LogP contribution < -0.4 is 10.1 Å². The molecule has 0 spiro atoms. The summed E-state index contributed by atoms with van der Waals surface area (Å²) in [6.45, 7) is 3.54. The normalized spacial score (nSPS) is 12.9. The largest absolute Gasteiger partial charge is 0.493 e. The molecule has 0 radical (unpaired) electrons. The SMILES string of the molecule is Cc1cc(Br)c(F)cc1NCCc1ccc2c(c1)CCO2. The summed E-state index contributed by atoms with van der Waals surface area (Å²) in [5.74, 6) is 0.773. The Kier molecular flexibility index (Phi) is 4.15. The fourth-order valence-electron chi connectivity index (χ4n) is 2.57. The highest BCUT2D eigenvalue weighted by atomic mass is 79.9. The Labute approximate surface area is 132 Å². The van der Waals surface area contributed by atoms with E-state index in [0.717, 1.165) is 43.0 Å². The minimum absolute atomic E-state index is 0.238. The summed E-state index contributed by atoms with van der Waals surface area (Å²) in [6, 6.07) is 9.68. The van der Waals surface area contributed by atoms with Gasteiger partial charge in [-0.3, -0.25) is 0 Å². The van der Waals surface area contributed by atoms with Gasteiger partial charge in [-0.05, 0) is 64.2 Å². The molecule has 2 aromatic carbocycles. The van der Waals surface area contributed by atoms with Gasteiger partial charge < -0.3 is 10.1 Å². The molecule has 1 aliphatic heterocycles. The van der Waals surface area contributed by atoms with Gasteiger partial charge in [0.05, 0.1) is 11.1 Å². The smallest absolute Gasteiger partial charge is 0.139 e. The molecule has 0 saturated heterocycles. The molecule has 1 aliphatic rings. The molecule has 1 heterocycles. The van der Waals surface area contributed by atoms with Crippen molar-refractivity contribution >= 4 is 21.6 Å². The van der Waals surface area contributed by atoms with Crippen LogP contribution in [0.5, 0.6) is 5.75 Å². The van der Waals surface area contributed by atoms with E-state index in [0.29, 0.717) is 4.47 Å². The van der Waals surface area contributed by atoms with Crippen molar-refractivity contribution in [1.82, 2.24) is 0 Å². The molecule has 0 atom stereocenters. The molecule has 21 heavy (non-hydrogen) atoms. The molecule has 4 heteroatoms. The third-order valence-corrected chi connectivity index (χ3v) is 4.36. The minimum atomic E-state index is -0.238. The highest BCUT2D eigenvalue weighted by Gasteiger charge is 2.11. The maximum Gasteiger partial charge on any atom is 0.139 e. The van der Waals surface area contributed by atoms with E-state index in [-0.39, 0.29) is 5.82 Å². The Morgan fingerprint density at radius 1 is 1.29 bits per heavy atom. The summed E-state index contributed by atoms with van der Waals surface area (Å²) in [7, 11) is 0. The summed E-state index contributed by atoms with van der Waals surface area (Å²) >= 11 is 3.20. The number of hydrogen-bond donors (Lipinski definition) is 1. The lowest BCUT2D eigenvalue weighted by Gasteiger charge is -2.11. The van der Waals surface area contributed by atoms with E-state index in [1.54, 1.807) is 6.07 Å². The number of halogens is 2. The van der Waals surface area contributed by atoms with Crippen LogP contribution in [0.25, 0.3) is 0 Å². The molecule has 1 N–H and O–H groups in total. The lowest BCUT2D eigenvalue weighted by Crippen LogP contribution is -2.06. The highest BCUT2D eigenvalue weighted by Crippen LogP contribution is 2.26. The molecular weight excluding hydrogens is 333 g/mol. The summed E-state index contributed by atoms with van der Waals surface area (Å²) in [6.07, 6.45) is 1.90. The van der Waals surface area contributed by atoms with Gasteiger partial charge >= 0.3 is 0 Å². The molecule has 110 valence electrons. The van der Waals surface area contributed by atoms with E-state index in [2.05, 4.69) is 33.4 Å². The first kappa shape index (κ1) is 14.4. The Balaban J connectivity index is 1.62. The van der Waals surface area contributed by atoms with E-state index in [1.807, 2.05) is 13.0 Å². The second-order valence-electron chi connectivity index (χ2n) is 5.30. The van der Waals surface area contributed by atoms with Crippen LogP contribution in [-0.4, -0.2) is 13.2 Å². The van der Waals surface area contributed by atoms with Gasteiger partial charge in [0.2, 0.25) is 0 Å². The standard InChI is InChI=1S/C17H17BrFNO/c1-11-8-14(18)15(19)10-16(11)20-6-4-12-2-3-17-13(9-12)5-7-21-17/h2-3,8-10,20H,4-7H2,1H3. The zero-order valence-corrected chi connectivity index (χ0v) is 13.5. The quantitative estimate of drug-likeness (QED) is 0.878. The minimum Gasteiger partial charge on any atom is -0.493 e. The lowest BCUT2D eigenvalue weighted by molar-refractivity contribution is 0.357. The Morgan fingerprint density at radius 3 is 3.00 bits per heavy atom. The van der Waals surface area contributed by atoms with Crippen molar-refractivity contribution in [2.24, 2.45) is 0 Å². The molecule has 0 unspecified atom stereocenters. The summed E-state index contributed by atoms with van der Waals surface area (Å²) < 4.78 is 19.6. The number of aryl methyl sites for hydroxylation is 1. The van der Waals surface area contributed by atoms with Crippen LogP contribution in [0, 0.1) is 12.7 Å². The molecule has 0 amide bonds. The topological polar surface area (TPSA) is 21.3 Å². The number of fused-ring (bicyclic) bond motifs is 1. The van der Waals surface area contributed by atoms with Gasteiger partial charge in [0, 0.05) is 18.7 Å². The zero-order chi connectivity index (χ0) is 14.8. The summed E-state index contributed by atoms with van der Waals surface area (Å²) in [5, 5.41) is 3.31. The second kappa shape index (κ2) is 6.06. The maximum atomic E-state index is 13.6. The van der Waals surface area contributed by atoms with Crippen LogP contribution in [0.3, 0.4) is 0 Å². The second-order valence-corrected chi connectivity index (χ2v) is 6.15. The van der Waals surface area contributed by atoms with Crippen molar-refractivity contribution in [3.8, 4) is 5.75 Å². The number of nitrogens with one attached hydrogen (secondary N) is 1. The number of rotatable bonds is 4. The molecule has 3 rings (SSSR count). The highest BCUT2D eigenvalue weighted by molar-refractivity contribution is 9.10. The van der Waals surface area contributed by atoms with Crippen molar-refractivity contribution in [3.05, 3.63) is 57.3 Å². The van der Waals surface area contributed by atoms with Crippen LogP contribution in [0.15, 0.2) is 34.8 Å². The van der Waals surface area contributed by atoms with Crippen LogP contribution in [-0.2, 0) is 12.8 Å². The van der Waals surface area contributed by atoms with E-state index >= 15 is 0 Å². The Morgan fingerprint density at radius 2 is 2.14 bits per heavy atom. The number of ether oxygens (including phenoxy) is 1. The lowest BCUT2D eigenvalue weighted by atomic mass is 10.1. The Bertz CT molecular complexity index is 672. The first-order valence-electron chi connectivity index (χ1n) is 7.07. The van der Waals surface area contributed by atoms with Crippen LogP contribution in [0.4, 0.5) is 10.1 Å². The third kappa shape index (κ3) is 3.21. The molecule has 2 nitrogen and oxygen atoms in total. The van der Waals surface area contributed by atoms with E-state index in [9.17, 15) is 4.39 Å². The summed E-state index contributed by atoms with van der Waals surface area (Å²) in [5.41, 5.74) is 4.45. The molecule has 0 bridgehead atoms. The van der Waals surface area contributed by atoms with Gasteiger partial charge in [0.1, 0.15) is 11.6 Å². The maximum absolute atomic E-state index is 13.6. The first-order valence-corrected chi connectivity index (χ1v) is 7.87. The predicted octanol–water partition coefficient (Wildman–Crippen LogP) is 4.49. The number of anilines is 1. The van der Waals surface area contributed by atoms with Gasteiger partial charge in [-0.2, -0.15) is 0 Å².